The van der Waals surface area contributed by atoms with Crippen LogP contribution in [-0.2, 0) is 18.3 Å². The molecule has 0 bridgehead atoms. The van der Waals surface area contributed by atoms with Crippen molar-refractivity contribution in [3.63, 3.8) is 0 Å². The number of nitrogens with one attached hydrogen (secondary N) is 2. The molecule has 0 spiro atoms. The molecule has 9 nitrogen and oxygen atoms in total. The number of nitrogens with zero attached hydrogens (tertiary/aromatic N) is 5. The summed E-state index contributed by atoms with van der Waals surface area (Å²) >= 11 is 0. The quantitative estimate of drug-likeness (QED) is 0.208. The van der Waals surface area contributed by atoms with Crippen molar-refractivity contribution in [2.24, 2.45) is 24.8 Å². The Hall–Kier alpha value is -3.46. The average molecular weight is 628 g/mol. The van der Waals surface area contributed by atoms with Crippen molar-refractivity contribution >= 4 is 17.7 Å². The van der Waals surface area contributed by atoms with Gasteiger partial charge in [0.15, 0.2) is 0 Å². The standard InChI is InChI=1S/C37H53N7O2/c1-5-31(27-13-15-28(16-14-27)36(45)46)40-37-41-32-18-17-30(26-11-7-6-8-12-26)25(3)34(32)35(42-37)39-33(29-20-38-43(4)22-29)23-44-19-9-10-24(2)21-44/h6-8,11-12,20,22,24-25,27-28,30-31,33H,5,9-10,13-19,21,23H2,1-4H3,(H,45,46)(H2,39,40,41,42)/t24-,25+,27?,28?,30-,31+,33-/m0/s1. The Morgan fingerprint density at radius 3 is 2.50 bits per heavy atom. The van der Waals surface area contributed by atoms with E-state index in [1.54, 1.807) is 0 Å². The van der Waals surface area contributed by atoms with E-state index in [1.807, 2.05) is 17.9 Å². The van der Waals surface area contributed by atoms with E-state index in [9.17, 15) is 9.90 Å². The number of carboxylic acid groups (broad SMARTS) is 1. The first kappa shape index (κ1) is 32.5. The molecule has 3 aliphatic rings. The van der Waals surface area contributed by atoms with Crippen LogP contribution in [0.2, 0.25) is 0 Å². The molecule has 3 N–H and O–H groups in total. The van der Waals surface area contributed by atoms with Gasteiger partial charge in [-0.1, -0.05) is 51.1 Å². The van der Waals surface area contributed by atoms with Crippen molar-refractivity contribution in [1.82, 2.24) is 24.6 Å². The number of carbonyl (C=O) groups is 1. The summed E-state index contributed by atoms with van der Waals surface area (Å²) in [7, 11) is 1.99. The second-order valence-electron chi connectivity index (χ2n) is 14.4. The zero-order chi connectivity index (χ0) is 32.2. The number of hydrogen-bond donors (Lipinski definition) is 3. The third kappa shape index (κ3) is 7.40. The van der Waals surface area contributed by atoms with Gasteiger partial charge in [-0.3, -0.25) is 9.48 Å². The van der Waals surface area contributed by atoms with Gasteiger partial charge in [0.05, 0.1) is 23.9 Å². The number of carboxylic acids is 1. The van der Waals surface area contributed by atoms with Crippen molar-refractivity contribution in [2.45, 2.75) is 102 Å². The van der Waals surface area contributed by atoms with E-state index >= 15 is 0 Å². The smallest absolute Gasteiger partial charge is 0.306 e. The Balaban J connectivity index is 1.33. The van der Waals surface area contributed by atoms with Gasteiger partial charge < -0.3 is 20.6 Å². The zero-order valence-corrected chi connectivity index (χ0v) is 28.2. The third-order valence-corrected chi connectivity index (χ3v) is 11.1. The Kier molecular flexibility index (Phi) is 10.3. The van der Waals surface area contributed by atoms with Gasteiger partial charge >= 0.3 is 5.97 Å². The molecule has 9 heteroatoms. The van der Waals surface area contributed by atoms with Crippen LogP contribution < -0.4 is 10.6 Å². The van der Waals surface area contributed by atoms with E-state index in [1.165, 1.54) is 29.5 Å². The molecule has 2 fully saturated rings. The lowest BCUT2D eigenvalue weighted by atomic mass is 9.74. The number of aliphatic carboxylic acids is 1. The first-order chi connectivity index (χ1) is 22.3. The lowest BCUT2D eigenvalue weighted by Crippen LogP contribution is -2.39. The maximum absolute atomic E-state index is 11.6. The van der Waals surface area contributed by atoms with Gasteiger partial charge in [-0.25, -0.2) is 4.98 Å². The first-order valence-electron chi connectivity index (χ1n) is 17.7. The predicted octanol–water partition coefficient (Wildman–Crippen LogP) is 7.01. The topological polar surface area (TPSA) is 108 Å². The van der Waals surface area contributed by atoms with E-state index in [0.29, 0.717) is 23.7 Å². The zero-order valence-electron chi connectivity index (χ0n) is 28.2. The van der Waals surface area contributed by atoms with Gasteiger partial charge in [-0.05, 0) is 93.6 Å². The van der Waals surface area contributed by atoms with Crippen LogP contribution >= 0.6 is 0 Å². The van der Waals surface area contributed by atoms with Crippen LogP contribution in [0.1, 0.15) is 112 Å². The highest BCUT2D eigenvalue weighted by atomic mass is 16.4. The summed E-state index contributed by atoms with van der Waals surface area (Å²) in [6, 6.07) is 11.2. The largest absolute Gasteiger partial charge is 0.481 e. The molecule has 3 aromatic rings. The summed E-state index contributed by atoms with van der Waals surface area (Å²) in [5.41, 5.74) is 4.93. The number of piperidine rings is 1. The first-order valence-corrected chi connectivity index (χ1v) is 17.7. The molecule has 1 saturated carbocycles. The number of aromatic nitrogens is 4. The van der Waals surface area contributed by atoms with Crippen molar-refractivity contribution in [1.29, 1.82) is 0 Å². The molecule has 1 aromatic carbocycles. The molecule has 0 unspecified atom stereocenters. The maximum atomic E-state index is 11.6. The van der Waals surface area contributed by atoms with Gasteiger partial charge in [0.25, 0.3) is 0 Å². The van der Waals surface area contributed by atoms with Crippen molar-refractivity contribution in [3.8, 4) is 0 Å². The summed E-state index contributed by atoms with van der Waals surface area (Å²) in [4.78, 5) is 24.7. The van der Waals surface area contributed by atoms with Crippen LogP contribution in [0.3, 0.4) is 0 Å². The van der Waals surface area contributed by atoms with E-state index < -0.39 is 5.97 Å². The Labute approximate surface area is 274 Å². The van der Waals surface area contributed by atoms with E-state index in [0.717, 1.165) is 76.1 Å². The second kappa shape index (κ2) is 14.5. The number of fused-ring (bicyclic) bond motifs is 1. The number of hydrogen-bond acceptors (Lipinski definition) is 7. The predicted molar refractivity (Wildman–Crippen MR) is 183 cm³/mol. The van der Waals surface area contributed by atoms with Crippen LogP contribution in [0.25, 0.3) is 0 Å². The Bertz CT molecular complexity index is 1450. The van der Waals surface area contributed by atoms with E-state index in [2.05, 4.69) is 77.9 Å². The van der Waals surface area contributed by atoms with Crippen LogP contribution in [-0.4, -0.2) is 61.4 Å². The van der Waals surface area contributed by atoms with E-state index in [-0.39, 0.29) is 23.9 Å². The number of benzene rings is 1. The normalized spacial score (nSPS) is 26.6. The second-order valence-corrected chi connectivity index (χ2v) is 14.4. The average Bonchev–Trinajstić information content (AvgIpc) is 3.50. The number of anilines is 2. The fraction of sp³-hybridized carbons (Fsp3) is 0.622. The fourth-order valence-electron chi connectivity index (χ4n) is 8.48. The van der Waals surface area contributed by atoms with Gasteiger partial charge in [0, 0.05) is 43.5 Å². The van der Waals surface area contributed by atoms with Crippen molar-refractivity contribution in [2.75, 3.05) is 30.3 Å². The van der Waals surface area contributed by atoms with Crippen LogP contribution in [0.5, 0.6) is 0 Å². The summed E-state index contributed by atoms with van der Waals surface area (Å²) in [6.45, 7) is 10.1. The lowest BCUT2D eigenvalue weighted by molar-refractivity contribution is -0.143. The van der Waals surface area contributed by atoms with Gasteiger partial charge in [-0.2, -0.15) is 10.1 Å². The highest BCUT2D eigenvalue weighted by Crippen LogP contribution is 2.45. The summed E-state index contributed by atoms with van der Waals surface area (Å²) in [5, 5.41) is 21.8. The third-order valence-electron chi connectivity index (χ3n) is 11.1. The highest BCUT2D eigenvalue weighted by Gasteiger charge is 2.35. The fourth-order valence-corrected chi connectivity index (χ4v) is 8.48. The summed E-state index contributed by atoms with van der Waals surface area (Å²) < 4.78 is 1.89. The molecule has 0 amide bonds. The summed E-state index contributed by atoms with van der Waals surface area (Å²) in [5.74, 6) is 2.55. The highest BCUT2D eigenvalue weighted by molar-refractivity contribution is 5.70. The van der Waals surface area contributed by atoms with Crippen LogP contribution in [0.15, 0.2) is 42.7 Å². The molecule has 5 atom stereocenters. The molecule has 2 aromatic heterocycles. The molecule has 46 heavy (non-hydrogen) atoms. The molecule has 6 rings (SSSR count). The van der Waals surface area contributed by atoms with Gasteiger partial charge in [0.2, 0.25) is 5.95 Å². The SMILES string of the molecule is CC[C@@H](Nc1nc2c(c(N[C@@H](CN3CCC[C@H](C)C3)c3cnn(C)c3)n1)[C@H](C)[C@@H](c1ccccc1)CC2)C1CCC(C(=O)O)CC1. The number of rotatable bonds is 11. The minimum atomic E-state index is -0.654. The molecular formula is C37H53N7O2. The van der Waals surface area contributed by atoms with Crippen LogP contribution in [0.4, 0.5) is 11.8 Å². The molecule has 0 radical (unpaired) electrons. The van der Waals surface area contributed by atoms with Gasteiger partial charge in [-0.15, -0.1) is 0 Å². The number of likely N-dealkylation sites (tertiary alicyclic amines) is 1. The minimum absolute atomic E-state index is 0.0448. The van der Waals surface area contributed by atoms with Crippen molar-refractivity contribution in [3.05, 3.63) is 65.1 Å². The molecule has 3 heterocycles. The molecule has 2 aliphatic carbocycles. The maximum Gasteiger partial charge on any atom is 0.306 e. The van der Waals surface area contributed by atoms with Crippen molar-refractivity contribution < 1.29 is 9.90 Å². The van der Waals surface area contributed by atoms with Gasteiger partial charge in [0.1, 0.15) is 5.82 Å². The molecular weight excluding hydrogens is 574 g/mol. The number of aryl methyl sites for hydroxylation is 2. The Morgan fingerprint density at radius 2 is 1.83 bits per heavy atom. The molecule has 1 saturated heterocycles. The monoisotopic (exact) mass is 627 g/mol. The minimum Gasteiger partial charge on any atom is -0.481 e. The van der Waals surface area contributed by atoms with Crippen LogP contribution in [0, 0.1) is 17.8 Å². The molecule has 248 valence electrons. The van der Waals surface area contributed by atoms with E-state index in [4.69, 9.17) is 9.97 Å². The summed E-state index contributed by atoms with van der Waals surface area (Å²) in [6.07, 6.45) is 12.9. The Morgan fingerprint density at radius 1 is 1.04 bits per heavy atom. The lowest BCUT2D eigenvalue weighted by Gasteiger charge is -2.36. The molecule has 1 aliphatic heterocycles.